The molecular formula is C48H58N2O18S. The summed E-state index contributed by atoms with van der Waals surface area (Å²) in [5, 5.41) is 36.2. The van der Waals surface area contributed by atoms with Crippen molar-refractivity contribution in [2.75, 3.05) is 60.0 Å². The van der Waals surface area contributed by atoms with Crippen molar-refractivity contribution in [1.29, 1.82) is 0 Å². The van der Waals surface area contributed by atoms with Crippen LogP contribution >= 0.6 is 11.8 Å². The molecule has 0 radical (unpaired) electrons. The van der Waals surface area contributed by atoms with Gasteiger partial charge < -0.3 is 58.0 Å². The molecule has 11 atom stereocenters. The van der Waals surface area contributed by atoms with Gasteiger partial charge in [-0.1, -0.05) is 12.1 Å². The van der Waals surface area contributed by atoms with Gasteiger partial charge in [-0.15, -0.1) is 0 Å². The number of amides is 2. The molecule has 2 aromatic carbocycles. The number of phenols is 2. The number of fused-ring (bicyclic) bond motifs is 6. The number of likely N-dealkylation sites (tertiary alicyclic amines) is 1. The van der Waals surface area contributed by atoms with E-state index in [9.17, 15) is 44.1 Å². The molecule has 0 spiro atoms. The van der Waals surface area contributed by atoms with Crippen LogP contribution in [0.2, 0.25) is 0 Å². The first kappa shape index (κ1) is 49.6. The summed E-state index contributed by atoms with van der Waals surface area (Å²) in [6, 6.07) is 4.21. The van der Waals surface area contributed by atoms with E-state index in [1.165, 1.54) is 49.1 Å². The summed E-state index contributed by atoms with van der Waals surface area (Å²) >= 11 is 1.33. The summed E-state index contributed by atoms with van der Waals surface area (Å²) in [6.07, 6.45) is -2.45. The van der Waals surface area contributed by atoms with Crippen LogP contribution in [0, 0.1) is 0 Å². The van der Waals surface area contributed by atoms with E-state index in [1.54, 1.807) is 6.26 Å². The number of hydrogen-bond acceptors (Lipinski definition) is 20. The number of thioether (sulfide) groups is 1. The lowest BCUT2D eigenvalue weighted by molar-refractivity contribution is -0.256. The fraction of sp³-hybridized carbons (Fsp3) is 0.625. The summed E-state index contributed by atoms with van der Waals surface area (Å²) in [5.74, 6) is -4.23. The zero-order valence-electron chi connectivity index (χ0n) is 38.9. The van der Waals surface area contributed by atoms with Gasteiger partial charge in [0.2, 0.25) is 17.6 Å². The number of carbonyl (C=O) groups excluding carboxylic acids is 6. The normalized spacial score (nSPS) is 32.0. The van der Waals surface area contributed by atoms with Gasteiger partial charge in [0.15, 0.2) is 42.4 Å². The van der Waals surface area contributed by atoms with Gasteiger partial charge in [0.25, 0.3) is 0 Å². The van der Waals surface area contributed by atoms with E-state index in [2.05, 4.69) is 4.90 Å². The third-order valence-electron chi connectivity index (χ3n) is 14.3. The Morgan fingerprint density at radius 2 is 1.77 bits per heavy atom. The number of aliphatic hydroxyl groups is 1. The Morgan fingerprint density at radius 1 is 0.971 bits per heavy atom. The molecule has 5 heterocycles. The first-order valence-electron chi connectivity index (χ1n) is 23.4. The van der Waals surface area contributed by atoms with Crippen LogP contribution in [0.1, 0.15) is 107 Å². The summed E-state index contributed by atoms with van der Waals surface area (Å²) in [6.45, 7) is 2.18. The molecule has 20 nitrogen and oxygen atoms in total. The van der Waals surface area contributed by atoms with Gasteiger partial charge in [-0.3, -0.25) is 38.6 Å². The molecule has 7 aliphatic rings. The van der Waals surface area contributed by atoms with Crippen LogP contribution in [0.3, 0.4) is 0 Å². The number of ether oxygens (including phenoxy) is 9. The maximum Gasteiger partial charge on any atom is 0.242 e. The van der Waals surface area contributed by atoms with Crippen LogP contribution in [0.5, 0.6) is 17.2 Å². The van der Waals surface area contributed by atoms with Gasteiger partial charge in [0, 0.05) is 75.0 Å². The number of Topliss-reactive ketones (excluding diaryl/α,β-unsaturated/α-hetero) is 2. The number of nitrogens with zero attached hydrogens (tertiary/aromatic N) is 2. The van der Waals surface area contributed by atoms with Crippen molar-refractivity contribution >= 4 is 46.7 Å². The fourth-order valence-corrected chi connectivity index (χ4v) is 11.5. The lowest BCUT2D eigenvalue weighted by atomic mass is 9.72. The minimum absolute atomic E-state index is 0.0578. The Hall–Kier alpha value is -4.39. The molecule has 9 rings (SSSR count). The molecule has 5 fully saturated rings. The van der Waals surface area contributed by atoms with Crippen LogP contribution in [0.25, 0.3) is 0 Å². The van der Waals surface area contributed by atoms with E-state index < -0.39 is 108 Å². The molecule has 2 aliphatic carbocycles. The minimum Gasteiger partial charge on any atom is -0.507 e. The molecule has 2 aromatic rings. The monoisotopic (exact) mass is 982 g/mol. The third kappa shape index (κ3) is 9.36. The van der Waals surface area contributed by atoms with E-state index >= 15 is 0 Å². The number of methoxy groups -OCH3 is 2. The molecule has 0 aromatic heterocycles. The number of rotatable bonds is 17. The molecule has 0 saturated carbocycles. The highest BCUT2D eigenvalue weighted by atomic mass is 32.2. The van der Waals surface area contributed by atoms with Crippen LogP contribution < -0.4 is 4.74 Å². The number of aromatic hydroxyl groups is 2. The Bertz CT molecular complexity index is 2380. The van der Waals surface area contributed by atoms with Crippen molar-refractivity contribution in [3.8, 4) is 17.2 Å². The Morgan fingerprint density at radius 3 is 2.52 bits per heavy atom. The molecule has 21 heteroatoms. The lowest BCUT2D eigenvalue weighted by Gasteiger charge is -2.43. The Kier molecular flexibility index (Phi) is 14.6. The molecule has 2 amide bonds. The first-order chi connectivity index (χ1) is 33.2. The summed E-state index contributed by atoms with van der Waals surface area (Å²) in [5.41, 5.74) is -3.61. The van der Waals surface area contributed by atoms with Gasteiger partial charge in [-0.25, -0.2) is 0 Å². The third-order valence-corrected chi connectivity index (χ3v) is 15.2. The average molecular weight is 983 g/mol. The smallest absolute Gasteiger partial charge is 0.242 e. The Labute approximate surface area is 402 Å². The highest BCUT2D eigenvalue weighted by Gasteiger charge is 2.55. The zero-order chi connectivity index (χ0) is 48.9. The largest absolute Gasteiger partial charge is 0.507 e. The van der Waals surface area contributed by atoms with Crippen LogP contribution in [0.4, 0.5) is 0 Å². The first-order valence-corrected chi connectivity index (χ1v) is 24.7. The van der Waals surface area contributed by atoms with Gasteiger partial charge in [-0.2, -0.15) is 11.8 Å². The quantitative estimate of drug-likeness (QED) is 0.130. The van der Waals surface area contributed by atoms with Crippen molar-refractivity contribution in [1.82, 2.24) is 9.80 Å². The molecule has 3 N–H and O–H groups in total. The summed E-state index contributed by atoms with van der Waals surface area (Å²) in [4.78, 5) is 83.1. The van der Waals surface area contributed by atoms with Crippen molar-refractivity contribution in [2.45, 2.75) is 131 Å². The topological polar surface area (TPSA) is 253 Å². The second-order valence-electron chi connectivity index (χ2n) is 18.5. The maximum atomic E-state index is 14.3. The summed E-state index contributed by atoms with van der Waals surface area (Å²) < 4.78 is 53.8. The average Bonchev–Trinajstić information content (AvgIpc) is 3.86. The van der Waals surface area contributed by atoms with Gasteiger partial charge in [-0.05, 0) is 44.9 Å². The Balaban J connectivity index is 0.891. The molecule has 5 aliphatic heterocycles. The maximum absolute atomic E-state index is 14.3. The highest BCUT2D eigenvalue weighted by molar-refractivity contribution is 8.00. The number of carbonyl (C=O) groups is 6. The predicted molar refractivity (Wildman–Crippen MR) is 239 cm³/mol. The van der Waals surface area contributed by atoms with Crippen molar-refractivity contribution in [2.24, 2.45) is 0 Å². The number of ketones is 4. The van der Waals surface area contributed by atoms with Gasteiger partial charge in [0.1, 0.15) is 42.2 Å². The van der Waals surface area contributed by atoms with Crippen molar-refractivity contribution in [3.05, 3.63) is 51.6 Å². The summed E-state index contributed by atoms with van der Waals surface area (Å²) in [7, 11) is 2.87. The van der Waals surface area contributed by atoms with Gasteiger partial charge >= 0.3 is 0 Å². The zero-order valence-corrected chi connectivity index (χ0v) is 39.7. The molecular weight excluding hydrogens is 925 g/mol. The number of benzene rings is 2. The van der Waals surface area contributed by atoms with Crippen molar-refractivity contribution < 1.29 is 86.7 Å². The molecule has 5 saturated heterocycles. The number of morpholine rings is 1. The number of phenolic OH excluding ortho intramolecular Hbond substituents is 2. The van der Waals surface area contributed by atoms with Crippen LogP contribution in [0.15, 0.2) is 18.2 Å². The van der Waals surface area contributed by atoms with E-state index in [0.717, 1.165) is 0 Å². The number of hydrogen-bond donors (Lipinski definition) is 3. The van der Waals surface area contributed by atoms with E-state index in [-0.39, 0.29) is 102 Å². The second-order valence-corrected chi connectivity index (χ2v) is 19.6. The number of imide groups is 1. The minimum atomic E-state index is -2.29. The molecule has 374 valence electrons. The van der Waals surface area contributed by atoms with E-state index in [4.69, 9.17) is 42.6 Å². The SMILES string of the molecule is COc1cccc2c1C(=O)c1c(O)c3c(c(O)c1C2=O)C[C@@](O)(C(=O)COC1CCCC(COCC(=O)CCCN2C(=O)CC(SC)C2=O)O1)C[C@@H]3O[C@H]1C[C@H]2[C@H](O[C@@H]3[C@@H](OC)OCCN32)[C@H](C)O1. The predicted octanol–water partition coefficient (Wildman–Crippen LogP) is 2.49. The molecule has 69 heavy (non-hydrogen) atoms. The fourth-order valence-electron chi connectivity index (χ4n) is 10.8. The van der Waals surface area contributed by atoms with Gasteiger partial charge in [0.05, 0.1) is 60.6 Å². The standard InChI is InChI=1S/C48H58N2O18S/c1-23-44-28(49-14-15-63-47(61-3)46(49)68-44)16-35(65-23)67-30-19-48(59,18-27-37(30)43(57)39-38(41(27)55)40(54)26-10-6-11-29(60-2)36(26)42(39)56)32(52)22-64-34-12-5-9-25(66-34)21-62-20-24(51)8-7-13-50-33(53)17-31(69-4)45(50)58/h6,10-11,23,25,28,30-31,34-35,44,46-47,55,57,59H,5,7-9,12-22H2,1-4H3/t23-,25?,28-,30-,31?,34?,35-,44+,46+,47-,48-/m0/s1. The van der Waals surface area contributed by atoms with Crippen LogP contribution in [-0.2, 0) is 63.5 Å². The molecule has 3 unspecified atom stereocenters. The second kappa shape index (κ2) is 20.4. The lowest BCUT2D eigenvalue weighted by Crippen LogP contribution is -2.55. The van der Waals surface area contributed by atoms with E-state index in [1.807, 2.05) is 6.92 Å². The van der Waals surface area contributed by atoms with Crippen molar-refractivity contribution in [3.63, 3.8) is 0 Å². The molecule has 0 bridgehead atoms. The van der Waals surface area contributed by atoms with E-state index in [0.29, 0.717) is 38.8 Å². The highest BCUT2D eigenvalue weighted by Crippen LogP contribution is 2.53. The van der Waals surface area contributed by atoms with Crippen LogP contribution in [-0.4, -0.2) is 180 Å².